The molecule has 0 heterocycles. The summed E-state index contributed by atoms with van der Waals surface area (Å²) in [6.45, 7) is 4.14. The first-order valence-corrected chi connectivity index (χ1v) is 7.52. The summed E-state index contributed by atoms with van der Waals surface area (Å²) in [6.07, 6.45) is 3.64. The van der Waals surface area contributed by atoms with Crippen LogP contribution in [0, 0.1) is 6.92 Å². The van der Waals surface area contributed by atoms with Crippen LogP contribution in [-0.2, 0) is 4.79 Å². The molecule has 0 aliphatic carbocycles. The van der Waals surface area contributed by atoms with Crippen molar-refractivity contribution in [2.45, 2.75) is 33.1 Å². The molecule has 3 nitrogen and oxygen atoms in total. The summed E-state index contributed by atoms with van der Waals surface area (Å²) in [7, 11) is 0. The molecule has 0 radical (unpaired) electrons. The first-order valence-electron chi connectivity index (χ1n) is 6.37. The fourth-order valence-corrected chi connectivity index (χ4v) is 2.39. The number of nitrogen functional groups attached to an aromatic ring is 1. The van der Waals surface area contributed by atoms with Gasteiger partial charge in [-0.05, 0) is 36.8 Å². The number of hydrogen-bond acceptors (Lipinski definition) is 3. The summed E-state index contributed by atoms with van der Waals surface area (Å²) in [5.74, 6) is 1.61. The van der Waals surface area contributed by atoms with Crippen molar-refractivity contribution < 1.29 is 4.79 Å². The molecule has 1 aromatic carbocycles. The van der Waals surface area contributed by atoms with Crippen molar-refractivity contribution in [2.24, 2.45) is 0 Å². The molecule has 0 saturated carbocycles. The molecule has 1 amide bonds. The number of benzene rings is 1. The number of rotatable bonds is 7. The van der Waals surface area contributed by atoms with Crippen molar-refractivity contribution in [3.8, 4) is 0 Å². The standard InChI is InChI=1S/C14H22N2OS/c1-3-4-5-8-18-10-14(17)16-13-9-12(15)7-6-11(13)2/h6-7,9H,3-5,8,10,15H2,1-2H3,(H,16,17). The van der Waals surface area contributed by atoms with Gasteiger partial charge >= 0.3 is 0 Å². The highest BCUT2D eigenvalue weighted by molar-refractivity contribution is 7.99. The minimum atomic E-state index is 0.0465. The molecule has 0 unspecified atom stereocenters. The first kappa shape index (κ1) is 14.9. The van der Waals surface area contributed by atoms with Gasteiger partial charge in [0.1, 0.15) is 0 Å². The Morgan fingerprint density at radius 3 is 2.89 bits per heavy atom. The predicted octanol–water partition coefficient (Wildman–Crippen LogP) is 3.44. The Morgan fingerprint density at radius 1 is 1.39 bits per heavy atom. The Balaban J connectivity index is 2.33. The maximum absolute atomic E-state index is 11.7. The fraction of sp³-hybridized carbons (Fsp3) is 0.500. The van der Waals surface area contributed by atoms with Crippen LogP contribution in [0.25, 0.3) is 0 Å². The van der Waals surface area contributed by atoms with Gasteiger partial charge < -0.3 is 11.1 Å². The van der Waals surface area contributed by atoms with E-state index in [0.717, 1.165) is 17.0 Å². The number of nitrogens with two attached hydrogens (primary N) is 1. The molecule has 0 spiro atoms. The lowest BCUT2D eigenvalue weighted by Crippen LogP contribution is -2.15. The van der Waals surface area contributed by atoms with Crippen molar-refractivity contribution >= 4 is 29.0 Å². The van der Waals surface area contributed by atoms with Crippen LogP contribution in [0.3, 0.4) is 0 Å². The smallest absolute Gasteiger partial charge is 0.234 e. The quantitative estimate of drug-likeness (QED) is 0.587. The Labute approximate surface area is 114 Å². The van der Waals surface area contributed by atoms with E-state index < -0.39 is 0 Å². The van der Waals surface area contributed by atoms with E-state index >= 15 is 0 Å². The number of carbonyl (C=O) groups excluding carboxylic acids is 1. The average molecular weight is 266 g/mol. The summed E-state index contributed by atoms with van der Waals surface area (Å²) in [6, 6.07) is 5.55. The number of hydrogen-bond donors (Lipinski definition) is 2. The van der Waals surface area contributed by atoms with Gasteiger partial charge in [0, 0.05) is 11.4 Å². The molecule has 18 heavy (non-hydrogen) atoms. The van der Waals surface area contributed by atoms with Crippen molar-refractivity contribution in [3.05, 3.63) is 23.8 Å². The van der Waals surface area contributed by atoms with E-state index in [1.165, 1.54) is 19.3 Å². The lowest BCUT2D eigenvalue weighted by molar-refractivity contribution is -0.113. The van der Waals surface area contributed by atoms with Crippen LogP contribution in [0.15, 0.2) is 18.2 Å². The Bertz CT molecular complexity index is 393. The van der Waals surface area contributed by atoms with Gasteiger partial charge in [-0.2, -0.15) is 11.8 Å². The SMILES string of the molecule is CCCCCSCC(=O)Nc1cc(N)ccc1C. The molecule has 0 atom stereocenters. The second kappa shape index (κ2) is 8.03. The number of aryl methyl sites for hydroxylation is 1. The Hall–Kier alpha value is -1.16. The zero-order valence-corrected chi connectivity index (χ0v) is 12.0. The van der Waals surface area contributed by atoms with Gasteiger partial charge in [0.05, 0.1) is 5.75 Å². The maximum Gasteiger partial charge on any atom is 0.234 e. The second-order valence-electron chi connectivity index (χ2n) is 4.38. The van der Waals surface area contributed by atoms with Crippen molar-refractivity contribution in [2.75, 3.05) is 22.6 Å². The van der Waals surface area contributed by atoms with Gasteiger partial charge in [-0.3, -0.25) is 4.79 Å². The van der Waals surface area contributed by atoms with E-state index in [1.807, 2.05) is 19.1 Å². The Morgan fingerprint density at radius 2 is 2.17 bits per heavy atom. The normalized spacial score (nSPS) is 10.3. The zero-order chi connectivity index (χ0) is 13.4. The zero-order valence-electron chi connectivity index (χ0n) is 11.2. The van der Waals surface area contributed by atoms with Crippen molar-refractivity contribution in [1.29, 1.82) is 0 Å². The van der Waals surface area contributed by atoms with Crippen LogP contribution < -0.4 is 11.1 Å². The fourth-order valence-electron chi connectivity index (χ4n) is 1.58. The van der Waals surface area contributed by atoms with Gasteiger partial charge in [-0.15, -0.1) is 0 Å². The summed E-state index contributed by atoms with van der Waals surface area (Å²) >= 11 is 1.69. The number of unbranched alkanes of at least 4 members (excludes halogenated alkanes) is 2. The molecule has 0 aliphatic heterocycles. The molecule has 0 fully saturated rings. The number of amides is 1. The van der Waals surface area contributed by atoms with Crippen LogP contribution in [-0.4, -0.2) is 17.4 Å². The third-order valence-corrected chi connectivity index (χ3v) is 3.70. The topological polar surface area (TPSA) is 55.1 Å². The lowest BCUT2D eigenvalue weighted by atomic mass is 10.2. The highest BCUT2D eigenvalue weighted by Crippen LogP contribution is 2.18. The highest BCUT2D eigenvalue weighted by Gasteiger charge is 2.05. The maximum atomic E-state index is 11.7. The summed E-state index contributed by atoms with van der Waals surface area (Å²) in [5.41, 5.74) is 8.22. The molecular formula is C14H22N2OS. The second-order valence-corrected chi connectivity index (χ2v) is 5.49. The molecular weight excluding hydrogens is 244 g/mol. The molecule has 3 N–H and O–H groups in total. The van der Waals surface area contributed by atoms with Gasteiger partial charge in [-0.1, -0.05) is 25.8 Å². The minimum Gasteiger partial charge on any atom is -0.399 e. The van der Waals surface area contributed by atoms with E-state index in [1.54, 1.807) is 17.8 Å². The molecule has 1 rings (SSSR count). The van der Waals surface area contributed by atoms with Crippen molar-refractivity contribution in [3.63, 3.8) is 0 Å². The minimum absolute atomic E-state index is 0.0465. The predicted molar refractivity (Wildman–Crippen MR) is 81.1 cm³/mol. The molecule has 0 saturated heterocycles. The number of anilines is 2. The van der Waals surface area contributed by atoms with E-state index in [2.05, 4.69) is 12.2 Å². The van der Waals surface area contributed by atoms with E-state index in [9.17, 15) is 4.79 Å². The highest BCUT2D eigenvalue weighted by atomic mass is 32.2. The van der Waals surface area contributed by atoms with Crippen LogP contribution in [0.2, 0.25) is 0 Å². The van der Waals surface area contributed by atoms with Crippen LogP contribution in [0.1, 0.15) is 31.7 Å². The van der Waals surface area contributed by atoms with Gasteiger partial charge in [0.2, 0.25) is 5.91 Å². The van der Waals surface area contributed by atoms with E-state index in [0.29, 0.717) is 11.4 Å². The monoisotopic (exact) mass is 266 g/mol. The molecule has 0 aliphatic rings. The third-order valence-electron chi connectivity index (χ3n) is 2.66. The number of carbonyl (C=O) groups is 1. The van der Waals surface area contributed by atoms with Gasteiger partial charge in [-0.25, -0.2) is 0 Å². The van der Waals surface area contributed by atoms with Crippen LogP contribution >= 0.6 is 11.8 Å². The molecule has 1 aromatic rings. The van der Waals surface area contributed by atoms with Crippen molar-refractivity contribution in [1.82, 2.24) is 0 Å². The molecule has 100 valence electrons. The lowest BCUT2D eigenvalue weighted by Gasteiger charge is -2.09. The van der Waals surface area contributed by atoms with Crippen LogP contribution in [0.5, 0.6) is 0 Å². The van der Waals surface area contributed by atoms with Gasteiger partial charge in [0.25, 0.3) is 0 Å². The average Bonchev–Trinajstić information content (AvgIpc) is 2.33. The third kappa shape index (κ3) is 5.45. The van der Waals surface area contributed by atoms with Crippen LogP contribution in [0.4, 0.5) is 11.4 Å². The summed E-state index contributed by atoms with van der Waals surface area (Å²) in [4.78, 5) is 11.7. The van der Waals surface area contributed by atoms with Gasteiger partial charge in [0.15, 0.2) is 0 Å². The van der Waals surface area contributed by atoms with E-state index in [4.69, 9.17) is 5.73 Å². The largest absolute Gasteiger partial charge is 0.399 e. The summed E-state index contributed by atoms with van der Waals surface area (Å²) < 4.78 is 0. The number of nitrogens with one attached hydrogen (secondary N) is 1. The number of thioether (sulfide) groups is 1. The summed E-state index contributed by atoms with van der Waals surface area (Å²) in [5, 5.41) is 2.90. The molecule has 0 aromatic heterocycles. The molecule has 0 bridgehead atoms. The molecule has 4 heteroatoms. The first-order chi connectivity index (χ1) is 8.63. The van der Waals surface area contributed by atoms with E-state index in [-0.39, 0.29) is 5.91 Å². The Kier molecular flexibility index (Phi) is 6.65.